The number of fused-ring (bicyclic) bond motifs is 1. The lowest BCUT2D eigenvalue weighted by Gasteiger charge is -2.09. The molecule has 4 rings (SSSR count). The molecule has 0 saturated carbocycles. The fourth-order valence-corrected chi connectivity index (χ4v) is 2.90. The number of ether oxygens (including phenoxy) is 1. The van der Waals surface area contributed by atoms with Crippen molar-refractivity contribution in [3.05, 3.63) is 84.4 Å². The smallest absolute Gasteiger partial charge is 0.337 e. The number of esters is 1. The lowest BCUT2D eigenvalue weighted by molar-refractivity contribution is 0.0600. The van der Waals surface area contributed by atoms with Crippen LogP contribution in [0.1, 0.15) is 20.8 Å². The average Bonchev–Trinajstić information content (AvgIpc) is 2.79. The number of hydrogen-bond acceptors (Lipinski definition) is 7. The third-order valence-electron chi connectivity index (χ3n) is 4.36. The number of methoxy groups -OCH3 is 1. The Labute approximate surface area is 172 Å². The van der Waals surface area contributed by atoms with Crippen LogP contribution >= 0.6 is 0 Å². The van der Waals surface area contributed by atoms with Gasteiger partial charge in [-0.1, -0.05) is 18.2 Å². The number of carbonyl (C=O) groups excluding carboxylic acids is 2. The van der Waals surface area contributed by atoms with E-state index in [1.165, 1.54) is 13.4 Å². The second-order valence-corrected chi connectivity index (χ2v) is 6.32. The molecule has 0 aliphatic carbocycles. The number of pyridine rings is 1. The zero-order valence-corrected chi connectivity index (χ0v) is 16.0. The van der Waals surface area contributed by atoms with E-state index in [4.69, 9.17) is 0 Å². The van der Waals surface area contributed by atoms with E-state index in [0.717, 1.165) is 16.6 Å². The van der Waals surface area contributed by atoms with Gasteiger partial charge in [0, 0.05) is 23.3 Å². The van der Waals surface area contributed by atoms with Crippen molar-refractivity contribution in [3.63, 3.8) is 0 Å². The Morgan fingerprint density at radius 3 is 2.53 bits per heavy atom. The quantitative estimate of drug-likeness (QED) is 0.492. The molecule has 1 amide bonds. The number of nitrogens with zero attached hydrogens (tertiary/aromatic N) is 3. The standard InChI is InChI=1S/C22H17N5O3/c1-30-22(29)15-7-9-16(10-8-15)26-21(28)18-12-19(25-13-24-18)27-17-6-2-4-14-5-3-11-23-20(14)17/h2-13H,1H3,(H,26,28)(H,24,25,27). The summed E-state index contributed by atoms with van der Waals surface area (Å²) >= 11 is 0. The van der Waals surface area contributed by atoms with E-state index in [1.54, 1.807) is 36.5 Å². The maximum absolute atomic E-state index is 12.6. The number of benzene rings is 2. The highest BCUT2D eigenvalue weighted by Crippen LogP contribution is 2.23. The summed E-state index contributed by atoms with van der Waals surface area (Å²) in [6, 6.07) is 17.5. The number of nitrogens with one attached hydrogen (secondary N) is 2. The molecule has 148 valence electrons. The van der Waals surface area contributed by atoms with E-state index in [0.29, 0.717) is 17.1 Å². The SMILES string of the molecule is COC(=O)c1ccc(NC(=O)c2cc(Nc3cccc4cccnc34)ncn2)cc1. The van der Waals surface area contributed by atoms with Crippen LogP contribution in [-0.2, 0) is 4.74 Å². The minimum absolute atomic E-state index is 0.192. The Balaban J connectivity index is 1.51. The molecule has 0 fully saturated rings. The molecular formula is C22H17N5O3. The molecular weight excluding hydrogens is 382 g/mol. The van der Waals surface area contributed by atoms with Gasteiger partial charge in [0.05, 0.1) is 23.9 Å². The molecule has 2 aromatic heterocycles. The summed E-state index contributed by atoms with van der Waals surface area (Å²) in [5, 5.41) is 6.92. The van der Waals surface area contributed by atoms with Crippen molar-refractivity contribution in [1.82, 2.24) is 15.0 Å². The Morgan fingerprint density at radius 1 is 0.933 bits per heavy atom. The van der Waals surface area contributed by atoms with Crippen LogP contribution in [0.2, 0.25) is 0 Å². The van der Waals surface area contributed by atoms with Crippen molar-refractivity contribution >= 4 is 40.0 Å². The fraction of sp³-hybridized carbons (Fsp3) is 0.0455. The van der Waals surface area contributed by atoms with Crippen molar-refractivity contribution in [2.75, 3.05) is 17.7 Å². The summed E-state index contributed by atoms with van der Waals surface area (Å²) in [6.07, 6.45) is 3.04. The van der Waals surface area contributed by atoms with E-state index in [-0.39, 0.29) is 5.69 Å². The van der Waals surface area contributed by atoms with Gasteiger partial charge in [-0.2, -0.15) is 0 Å². The summed E-state index contributed by atoms with van der Waals surface area (Å²) in [7, 11) is 1.31. The van der Waals surface area contributed by atoms with E-state index in [1.807, 2.05) is 30.3 Å². The predicted octanol–water partition coefficient (Wildman–Crippen LogP) is 3.81. The number of anilines is 3. The zero-order chi connectivity index (χ0) is 20.9. The highest BCUT2D eigenvalue weighted by atomic mass is 16.5. The molecule has 0 radical (unpaired) electrons. The third-order valence-corrected chi connectivity index (χ3v) is 4.36. The van der Waals surface area contributed by atoms with Crippen molar-refractivity contribution in [3.8, 4) is 0 Å². The first-order chi connectivity index (χ1) is 14.6. The Bertz CT molecular complexity index is 1220. The number of hydrogen-bond donors (Lipinski definition) is 2. The number of rotatable bonds is 5. The van der Waals surface area contributed by atoms with Gasteiger partial charge in [-0.25, -0.2) is 14.8 Å². The fourth-order valence-electron chi connectivity index (χ4n) is 2.90. The predicted molar refractivity (Wildman–Crippen MR) is 113 cm³/mol. The lowest BCUT2D eigenvalue weighted by Crippen LogP contribution is -2.14. The van der Waals surface area contributed by atoms with Crippen LogP contribution in [0, 0.1) is 0 Å². The largest absolute Gasteiger partial charge is 0.465 e. The second-order valence-electron chi connectivity index (χ2n) is 6.32. The first-order valence-corrected chi connectivity index (χ1v) is 9.06. The number of para-hydroxylation sites is 1. The first-order valence-electron chi connectivity index (χ1n) is 9.06. The molecule has 0 atom stereocenters. The van der Waals surface area contributed by atoms with Crippen molar-refractivity contribution in [2.45, 2.75) is 0 Å². The van der Waals surface area contributed by atoms with Gasteiger partial charge in [0.1, 0.15) is 17.8 Å². The zero-order valence-electron chi connectivity index (χ0n) is 16.0. The van der Waals surface area contributed by atoms with Crippen LogP contribution in [0.15, 0.2) is 73.2 Å². The van der Waals surface area contributed by atoms with E-state index in [9.17, 15) is 9.59 Å². The van der Waals surface area contributed by atoms with E-state index >= 15 is 0 Å². The van der Waals surface area contributed by atoms with Crippen molar-refractivity contribution in [2.24, 2.45) is 0 Å². The Kier molecular flexibility index (Phi) is 5.29. The van der Waals surface area contributed by atoms with Crippen LogP contribution in [0.5, 0.6) is 0 Å². The molecule has 2 heterocycles. The van der Waals surface area contributed by atoms with Gasteiger partial charge >= 0.3 is 5.97 Å². The maximum Gasteiger partial charge on any atom is 0.337 e. The van der Waals surface area contributed by atoms with Gasteiger partial charge in [-0.15, -0.1) is 0 Å². The summed E-state index contributed by atoms with van der Waals surface area (Å²) < 4.78 is 4.66. The maximum atomic E-state index is 12.6. The second kappa shape index (κ2) is 8.36. The van der Waals surface area contributed by atoms with E-state index in [2.05, 4.69) is 30.3 Å². The Hall–Kier alpha value is -4.33. The first kappa shape index (κ1) is 19.0. The number of carbonyl (C=O) groups is 2. The molecule has 0 aliphatic heterocycles. The van der Waals surface area contributed by atoms with Gasteiger partial charge in [0.2, 0.25) is 0 Å². The highest BCUT2D eigenvalue weighted by molar-refractivity contribution is 6.03. The molecule has 2 N–H and O–H groups in total. The van der Waals surface area contributed by atoms with Gasteiger partial charge in [-0.3, -0.25) is 9.78 Å². The molecule has 8 nitrogen and oxygen atoms in total. The van der Waals surface area contributed by atoms with Crippen LogP contribution in [0.4, 0.5) is 17.2 Å². The summed E-state index contributed by atoms with van der Waals surface area (Å²) in [5.74, 6) is -0.376. The highest BCUT2D eigenvalue weighted by Gasteiger charge is 2.11. The van der Waals surface area contributed by atoms with Crippen LogP contribution in [0.3, 0.4) is 0 Å². The molecule has 0 aliphatic rings. The van der Waals surface area contributed by atoms with Gasteiger partial charge in [0.15, 0.2) is 0 Å². The molecule has 0 saturated heterocycles. The van der Waals surface area contributed by atoms with Gasteiger partial charge in [-0.05, 0) is 36.4 Å². The van der Waals surface area contributed by atoms with Crippen LogP contribution in [0.25, 0.3) is 10.9 Å². The van der Waals surface area contributed by atoms with Crippen LogP contribution in [-0.4, -0.2) is 33.9 Å². The molecule has 0 bridgehead atoms. The minimum atomic E-state index is -0.442. The summed E-state index contributed by atoms with van der Waals surface area (Å²) in [6.45, 7) is 0. The molecule has 0 spiro atoms. The minimum Gasteiger partial charge on any atom is -0.465 e. The number of aromatic nitrogens is 3. The van der Waals surface area contributed by atoms with Crippen molar-refractivity contribution in [1.29, 1.82) is 0 Å². The molecule has 4 aromatic rings. The molecule has 30 heavy (non-hydrogen) atoms. The van der Waals surface area contributed by atoms with E-state index < -0.39 is 11.9 Å². The third kappa shape index (κ3) is 4.07. The van der Waals surface area contributed by atoms with Crippen molar-refractivity contribution < 1.29 is 14.3 Å². The normalized spacial score (nSPS) is 10.4. The Morgan fingerprint density at radius 2 is 1.73 bits per heavy atom. The topological polar surface area (TPSA) is 106 Å². The molecule has 0 unspecified atom stereocenters. The van der Waals surface area contributed by atoms with Crippen LogP contribution < -0.4 is 10.6 Å². The van der Waals surface area contributed by atoms with Gasteiger partial charge < -0.3 is 15.4 Å². The lowest BCUT2D eigenvalue weighted by atomic mass is 10.2. The average molecular weight is 399 g/mol. The summed E-state index contributed by atoms with van der Waals surface area (Å²) in [5.41, 5.74) is 2.69. The van der Waals surface area contributed by atoms with Gasteiger partial charge in [0.25, 0.3) is 5.91 Å². The number of amides is 1. The molecule has 8 heteroatoms. The summed E-state index contributed by atoms with van der Waals surface area (Å²) in [4.78, 5) is 36.7. The monoisotopic (exact) mass is 399 g/mol. The molecule has 2 aromatic carbocycles.